The van der Waals surface area contributed by atoms with Gasteiger partial charge in [-0.15, -0.1) is 0 Å². The number of alkyl halides is 3. The number of benzene rings is 3. The molecular formula is C29H17F3N4O. The summed E-state index contributed by atoms with van der Waals surface area (Å²) < 4.78 is 43.2. The van der Waals surface area contributed by atoms with Crippen molar-refractivity contribution in [1.82, 2.24) is 19.7 Å². The highest BCUT2D eigenvalue weighted by atomic mass is 19.4. The van der Waals surface area contributed by atoms with Crippen LogP contribution in [0.2, 0.25) is 0 Å². The number of nitrogens with zero attached hydrogens (tertiary/aromatic N) is 4. The second-order valence-electron chi connectivity index (χ2n) is 8.43. The van der Waals surface area contributed by atoms with Gasteiger partial charge in [0, 0.05) is 28.1 Å². The van der Waals surface area contributed by atoms with E-state index in [-0.39, 0.29) is 22.6 Å². The van der Waals surface area contributed by atoms with E-state index in [1.54, 1.807) is 36.4 Å². The van der Waals surface area contributed by atoms with Crippen molar-refractivity contribution < 1.29 is 13.2 Å². The smallest absolute Gasteiger partial charge is 0.267 e. The molecule has 0 aliphatic rings. The molecule has 180 valence electrons. The van der Waals surface area contributed by atoms with Crippen molar-refractivity contribution in [2.24, 2.45) is 0 Å². The molecule has 0 saturated heterocycles. The van der Waals surface area contributed by atoms with Crippen LogP contribution in [0.4, 0.5) is 13.2 Å². The maximum absolute atomic E-state index is 14.0. The topological polar surface area (TPSA) is 60.7 Å². The number of rotatable bonds is 3. The fraction of sp³-hybridized carbons (Fsp3) is 0.0345. The van der Waals surface area contributed by atoms with E-state index in [1.807, 2.05) is 36.4 Å². The monoisotopic (exact) mass is 494 g/mol. The van der Waals surface area contributed by atoms with Crippen LogP contribution in [-0.2, 0) is 6.18 Å². The quantitative estimate of drug-likeness (QED) is 0.275. The minimum absolute atomic E-state index is 0.0316. The van der Waals surface area contributed by atoms with Gasteiger partial charge in [-0.05, 0) is 35.9 Å². The summed E-state index contributed by atoms with van der Waals surface area (Å²) in [5, 5.41) is 6.20. The Bertz CT molecular complexity index is 1850. The molecule has 0 amide bonds. The van der Waals surface area contributed by atoms with Gasteiger partial charge in [-0.2, -0.15) is 23.0 Å². The lowest BCUT2D eigenvalue weighted by Crippen LogP contribution is -2.24. The first-order valence-electron chi connectivity index (χ1n) is 11.4. The molecule has 5 nitrogen and oxygen atoms in total. The second-order valence-corrected chi connectivity index (χ2v) is 8.43. The van der Waals surface area contributed by atoms with Crippen molar-refractivity contribution in [3.05, 3.63) is 119 Å². The van der Waals surface area contributed by atoms with Gasteiger partial charge < -0.3 is 0 Å². The van der Waals surface area contributed by atoms with Crippen molar-refractivity contribution >= 4 is 21.8 Å². The molecular weight excluding hydrogens is 477 g/mol. The van der Waals surface area contributed by atoms with Gasteiger partial charge in [0.2, 0.25) is 0 Å². The average molecular weight is 494 g/mol. The standard InChI is InChI=1S/C29H17F3N4O/c30-29(31,32)24-15-7-6-12-20(24)23-17-19-11-8-16-33-26(19)34-27(23)36-28(37)22-14-5-4-13-21(22)25(35-36)18-9-2-1-3-10-18/h1-17H. The molecule has 3 aromatic carbocycles. The molecule has 3 heterocycles. The lowest BCUT2D eigenvalue weighted by molar-refractivity contribution is -0.137. The summed E-state index contributed by atoms with van der Waals surface area (Å²) in [5.74, 6) is -0.0316. The molecule has 0 N–H and O–H groups in total. The minimum atomic E-state index is -4.62. The summed E-state index contributed by atoms with van der Waals surface area (Å²) in [5.41, 5.74) is 0.233. The highest BCUT2D eigenvalue weighted by molar-refractivity contribution is 5.94. The van der Waals surface area contributed by atoms with Gasteiger partial charge in [0.05, 0.1) is 16.6 Å². The zero-order chi connectivity index (χ0) is 25.6. The van der Waals surface area contributed by atoms with Crippen molar-refractivity contribution in [3.8, 4) is 28.2 Å². The predicted molar refractivity (Wildman–Crippen MR) is 136 cm³/mol. The molecule has 8 heteroatoms. The zero-order valence-electron chi connectivity index (χ0n) is 19.1. The third-order valence-electron chi connectivity index (χ3n) is 6.14. The van der Waals surface area contributed by atoms with Gasteiger partial charge >= 0.3 is 6.18 Å². The van der Waals surface area contributed by atoms with E-state index in [4.69, 9.17) is 0 Å². The third-order valence-corrected chi connectivity index (χ3v) is 6.14. The summed E-state index contributed by atoms with van der Waals surface area (Å²) in [4.78, 5) is 22.6. The van der Waals surface area contributed by atoms with Crippen LogP contribution >= 0.6 is 0 Å². The summed E-state index contributed by atoms with van der Waals surface area (Å²) in [6, 6.07) is 26.5. The van der Waals surface area contributed by atoms with Crippen LogP contribution in [0.5, 0.6) is 0 Å². The van der Waals surface area contributed by atoms with Gasteiger partial charge in [-0.25, -0.2) is 9.97 Å². The molecule has 6 aromatic rings. The number of pyridine rings is 2. The van der Waals surface area contributed by atoms with E-state index in [2.05, 4.69) is 15.1 Å². The van der Waals surface area contributed by atoms with E-state index < -0.39 is 17.3 Å². The molecule has 0 radical (unpaired) electrons. The maximum Gasteiger partial charge on any atom is 0.417 e. The predicted octanol–water partition coefficient (Wildman–Crippen LogP) is 6.68. The molecule has 0 atom stereocenters. The van der Waals surface area contributed by atoms with E-state index in [0.717, 1.165) is 16.3 Å². The van der Waals surface area contributed by atoms with Crippen molar-refractivity contribution in [2.45, 2.75) is 6.18 Å². The molecule has 0 unspecified atom stereocenters. The molecule has 0 spiro atoms. The Balaban J connectivity index is 1.75. The summed E-state index contributed by atoms with van der Waals surface area (Å²) in [6.45, 7) is 0. The second kappa shape index (κ2) is 8.67. The normalized spacial score (nSPS) is 11.8. The van der Waals surface area contributed by atoms with Gasteiger partial charge in [-0.3, -0.25) is 4.79 Å². The Morgan fingerprint density at radius 1 is 0.730 bits per heavy atom. The van der Waals surface area contributed by atoms with Crippen LogP contribution in [0.15, 0.2) is 108 Å². The van der Waals surface area contributed by atoms with Crippen LogP contribution in [0.1, 0.15) is 5.56 Å². The van der Waals surface area contributed by atoms with Crippen molar-refractivity contribution in [3.63, 3.8) is 0 Å². The average Bonchev–Trinajstić information content (AvgIpc) is 2.93. The summed E-state index contributed by atoms with van der Waals surface area (Å²) >= 11 is 0. The molecule has 0 fully saturated rings. The molecule has 3 aromatic heterocycles. The molecule has 37 heavy (non-hydrogen) atoms. The third kappa shape index (κ3) is 3.92. The zero-order valence-corrected chi connectivity index (χ0v) is 19.1. The number of hydrogen-bond acceptors (Lipinski definition) is 4. The van der Waals surface area contributed by atoms with Gasteiger partial charge in [0.1, 0.15) is 0 Å². The first-order valence-corrected chi connectivity index (χ1v) is 11.4. The van der Waals surface area contributed by atoms with Crippen LogP contribution < -0.4 is 5.56 Å². The molecule has 0 aliphatic carbocycles. The minimum Gasteiger partial charge on any atom is -0.267 e. The summed E-state index contributed by atoms with van der Waals surface area (Å²) in [6.07, 6.45) is -3.08. The Labute approximate surface area is 208 Å². The van der Waals surface area contributed by atoms with E-state index in [0.29, 0.717) is 21.9 Å². The summed E-state index contributed by atoms with van der Waals surface area (Å²) in [7, 11) is 0. The van der Waals surface area contributed by atoms with Gasteiger partial charge in [-0.1, -0.05) is 66.7 Å². The largest absolute Gasteiger partial charge is 0.417 e. The Morgan fingerprint density at radius 2 is 1.43 bits per heavy atom. The molecule has 0 bridgehead atoms. The fourth-order valence-corrected chi connectivity index (χ4v) is 4.46. The number of halogens is 3. The van der Waals surface area contributed by atoms with Crippen molar-refractivity contribution in [1.29, 1.82) is 0 Å². The van der Waals surface area contributed by atoms with E-state index in [1.165, 1.54) is 24.4 Å². The van der Waals surface area contributed by atoms with E-state index in [9.17, 15) is 18.0 Å². The SMILES string of the molecule is O=c1c2ccccc2c(-c2ccccc2)nn1-c1nc2ncccc2cc1-c1ccccc1C(F)(F)F. The van der Waals surface area contributed by atoms with Gasteiger partial charge in [0.15, 0.2) is 11.5 Å². The van der Waals surface area contributed by atoms with Gasteiger partial charge in [0.25, 0.3) is 5.56 Å². The number of hydrogen-bond donors (Lipinski definition) is 0. The van der Waals surface area contributed by atoms with Crippen LogP contribution in [0.3, 0.4) is 0 Å². The first kappa shape index (κ1) is 22.6. The van der Waals surface area contributed by atoms with Crippen LogP contribution in [0, 0.1) is 0 Å². The highest BCUT2D eigenvalue weighted by Gasteiger charge is 2.34. The van der Waals surface area contributed by atoms with Crippen molar-refractivity contribution in [2.75, 3.05) is 0 Å². The lowest BCUT2D eigenvalue weighted by Gasteiger charge is -2.17. The number of fused-ring (bicyclic) bond motifs is 2. The molecule has 0 saturated carbocycles. The Hall–Kier alpha value is -4.85. The lowest BCUT2D eigenvalue weighted by atomic mass is 9.98. The first-order chi connectivity index (χ1) is 17.9. The van der Waals surface area contributed by atoms with Crippen LogP contribution in [-0.4, -0.2) is 19.7 Å². The highest BCUT2D eigenvalue weighted by Crippen LogP contribution is 2.39. The van der Waals surface area contributed by atoms with E-state index >= 15 is 0 Å². The van der Waals surface area contributed by atoms with Crippen LogP contribution in [0.25, 0.3) is 50.0 Å². The Kier molecular flexibility index (Phi) is 5.30. The number of aromatic nitrogens is 4. The maximum atomic E-state index is 14.0. The molecule has 6 rings (SSSR count). The molecule has 0 aliphatic heterocycles. The Morgan fingerprint density at radius 3 is 2.22 bits per heavy atom. The fourth-order valence-electron chi connectivity index (χ4n) is 4.46.